The smallest absolute Gasteiger partial charge is 0.496 e. The maximum atomic E-state index is 13.3. The topological polar surface area (TPSA) is 75.7 Å². The van der Waals surface area contributed by atoms with Crippen LogP contribution in [-0.4, -0.2) is 45.4 Å². The van der Waals surface area contributed by atoms with Crippen molar-refractivity contribution in [2.24, 2.45) is 0 Å². The van der Waals surface area contributed by atoms with Gasteiger partial charge in [0.05, 0.1) is 17.6 Å². The standard InChI is InChI=1S/C22H25F3N2O4S/c1-13(2)16-10-19(31-4)17(11-20(16)32(29,30)22(23,24)25)21(28)26-18-7-5-6-14-12-27(3)9-8-15(14)18/h5-7,10-11,13H,8-9,12H2,1-4H3,(H,26,28). The van der Waals surface area contributed by atoms with Gasteiger partial charge in [-0.1, -0.05) is 26.0 Å². The number of likely N-dealkylation sites (N-methyl/N-ethyl adjacent to an activating group) is 1. The lowest BCUT2D eigenvalue weighted by Gasteiger charge is -2.27. The van der Waals surface area contributed by atoms with Crippen molar-refractivity contribution in [2.75, 3.05) is 26.0 Å². The highest BCUT2D eigenvalue weighted by Gasteiger charge is 2.48. The van der Waals surface area contributed by atoms with Gasteiger partial charge in [-0.3, -0.25) is 4.79 Å². The molecule has 0 atom stereocenters. The third-order valence-corrected chi connectivity index (χ3v) is 7.04. The number of halogens is 3. The predicted octanol–water partition coefficient (Wildman–Crippen LogP) is 4.35. The molecule has 0 unspecified atom stereocenters. The number of rotatable bonds is 5. The Kier molecular flexibility index (Phi) is 6.57. The maximum absolute atomic E-state index is 13.3. The van der Waals surface area contributed by atoms with Crippen LogP contribution in [0.4, 0.5) is 18.9 Å². The molecule has 0 saturated carbocycles. The van der Waals surface area contributed by atoms with Crippen LogP contribution in [0.5, 0.6) is 5.75 Å². The van der Waals surface area contributed by atoms with Crippen LogP contribution in [0.3, 0.4) is 0 Å². The van der Waals surface area contributed by atoms with E-state index >= 15 is 0 Å². The van der Waals surface area contributed by atoms with Gasteiger partial charge < -0.3 is 15.0 Å². The molecule has 1 heterocycles. The summed E-state index contributed by atoms with van der Waals surface area (Å²) >= 11 is 0. The molecule has 0 fully saturated rings. The van der Waals surface area contributed by atoms with Crippen molar-refractivity contribution in [2.45, 2.75) is 43.1 Å². The Morgan fingerprint density at radius 1 is 1.22 bits per heavy atom. The molecule has 0 aromatic heterocycles. The van der Waals surface area contributed by atoms with Gasteiger partial charge in [0, 0.05) is 18.8 Å². The van der Waals surface area contributed by atoms with E-state index in [2.05, 4.69) is 10.2 Å². The Balaban J connectivity index is 2.09. The van der Waals surface area contributed by atoms with E-state index < -0.39 is 32.1 Å². The number of sulfone groups is 1. The molecule has 1 aliphatic heterocycles. The first-order chi connectivity index (χ1) is 14.9. The van der Waals surface area contributed by atoms with Crippen molar-refractivity contribution >= 4 is 21.4 Å². The Hall–Kier alpha value is -2.59. The molecule has 1 N–H and O–H groups in total. The molecular formula is C22H25F3N2O4S. The highest BCUT2D eigenvalue weighted by Crippen LogP contribution is 2.38. The van der Waals surface area contributed by atoms with Crippen molar-refractivity contribution < 1.29 is 31.1 Å². The van der Waals surface area contributed by atoms with Gasteiger partial charge in [0.25, 0.3) is 15.7 Å². The van der Waals surface area contributed by atoms with Crippen molar-refractivity contribution in [3.63, 3.8) is 0 Å². The molecule has 2 aromatic carbocycles. The van der Waals surface area contributed by atoms with Crippen molar-refractivity contribution in [3.05, 3.63) is 52.6 Å². The van der Waals surface area contributed by atoms with Gasteiger partial charge in [-0.25, -0.2) is 8.42 Å². The fraction of sp³-hybridized carbons (Fsp3) is 0.409. The maximum Gasteiger partial charge on any atom is 0.501 e. The summed E-state index contributed by atoms with van der Waals surface area (Å²) in [5.41, 5.74) is -3.33. The monoisotopic (exact) mass is 470 g/mol. The number of ether oxygens (including phenoxy) is 1. The Bertz CT molecular complexity index is 1140. The summed E-state index contributed by atoms with van der Waals surface area (Å²) in [4.78, 5) is 14.3. The van der Waals surface area contributed by atoms with Gasteiger partial charge in [-0.15, -0.1) is 0 Å². The molecule has 174 valence electrons. The van der Waals surface area contributed by atoms with Crippen LogP contribution < -0.4 is 10.1 Å². The minimum absolute atomic E-state index is 0.00291. The molecule has 1 amide bonds. The fourth-order valence-electron chi connectivity index (χ4n) is 3.79. The second kappa shape index (κ2) is 8.74. The largest absolute Gasteiger partial charge is 0.501 e. The van der Waals surface area contributed by atoms with Gasteiger partial charge in [-0.05, 0) is 54.3 Å². The molecule has 6 nitrogen and oxygen atoms in total. The number of hydrogen-bond acceptors (Lipinski definition) is 5. The first-order valence-electron chi connectivity index (χ1n) is 10.0. The molecule has 0 spiro atoms. The lowest BCUT2D eigenvalue weighted by molar-refractivity contribution is -0.0436. The van der Waals surface area contributed by atoms with Crippen LogP contribution in [0, 0.1) is 0 Å². The van der Waals surface area contributed by atoms with E-state index in [0.29, 0.717) is 18.7 Å². The first-order valence-corrected chi connectivity index (χ1v) is 11.5. The SMILES string of the molecule is COc1cc(C(C)C)c(S(=O)(=O)C(F)(F)F)cc1C(=O)Nc1cccc2c1CCN(C)C2. The van der Waals surface area contributed by atoms with Crippen LogP contribution in [0.15, 0.2) is 35.2 Å². The summed E-state index contributed by atoms with van der Waals surface area (Å²) < 4.78 is 69.7. The number of alkyl halides is 3. The fourth-order valence-corrected chi connectivity index (χ4v) is 4.92. The zero-order chi connectivity index (χ0) is 23.8. The minimum atomic E-state index is -5.67. The average Bonchev–Trinajstić information content (AvgIpc) is 2.71. The highest BCUT2D eigenvalue weighted by molar-refractivity contribution is 7.92. The average molecular weight is 471 g/mol. The van der Waals surface area contributed by atoms with Gasteiger partial charge in [0.15, 0.2) is 0 Å². The number of hydrogen-bond donors (Lipinski definition) is 1. The number of amides is 1. The highest BCUT2D eigenvalue weighted by atomic mass is 32.2. The number of methoxy groups -OCH3 is 1. The zero-order valence-electron chi connectivity index (χ0n) is 18.2. The third kappa shape index (κ3) is 4.47. The van der Waals surface area contributed by atoms with E-state index in [-0.39, 0.29) is 16.9 Å². The van der Waals surface area contributed by atoms with E-state index in [1.165, 1.54) is 13.2 Å². The number of fused-ring (bicyclic) bond motifs is 1. The van der Waals surface area contributed by atoms with Gasteiger partial charge in [0.1, 0.15) is 5.75 Å². The number of anilines is 1. The molecule has 0 bridgehead atoms. The number of nitrogens with zero attached hydrogens (tertiary/aromatic N) is 1. The molecule has 0 saturated heterocycles. The van der Waals surface area contributed by atoms with E-state index in [0.717, 1.165) is 23.7 Å². The third-order valence-electron chi connectivity index (χ3n) is 5.50. The lowest BCUT2D eigenvalue weighted by Crippen LogP contribution is -2.28. The van der Waals surface area contributed by atoms with E-state index in [1.807, 2.05) is 13.1 Å². The Morgan fingerprint density at radius 3 is 2.50 bits per heavy atom. The summed E-state index contributed by atoms with van der Waals surface area (Å²) in [5, 5.41) is 2.73. The number of carbonyl (C=O) groups is 1. The zero-order valence-corrected chi connectivity index (χ0v) is 19.0. The Labute approximate surface area is 185 Å². The molecule has 0 aliphatic carbocycles. The molecular weight excluding hydrogens is 445 g/mol. The van der Waals surface area contributed by atoms with Crippen LogP contribution in [-0.2, 0) is 22.8 Å². The lowest BCUT2D eigenvalue weighted by atomic mass is 9.97. The van der Waals surface area contributed by atoms with Crippen molar-refractivity contribution in [3.8, 4) is 5.75 Å². The molecule has 32 heavy (non-hydrogen) atoms. The molecule has 0 radical (unpaired) electrons. The predicted molar refractivity (Wildman–Crippen MR) is 115 cm³/mol. The van der Waals surface area contributed by atoms with Crippen LogP contribution in [0.1, 0.15) is 46.8 Å². The van der Waals surface area contributed by atoms with Crippen LogP contribution in [0.2, 0.25) is 0 Å². The number of carbonyl (C=O) groups excluding carboxylic acids is 1. The summed E-state index contributed by atoms with van der Waals surface area (Å²) in [5.74, 6) is -1.30. The molecule has 1 aliphatic rings. The molecule has 3 rings (SSSR count). The van der Waals surface area contributed by atoms with E-state index in [1.54, 1.807) is 26.0 Å². The molecule has 10 heteroatoms. The normalized spacial score (nSPS) is 14.9. The summed E-state index contributed by atoms with van der Waals surface area (Å²) in [6, 6.07) is 7.40. The van der Waals surface area contributed by atoms with Gasteiger partial charge in [0.2, 0.25) is 0 Å². The quantitative estimate of drug-likeness (QED) is 0.703. The first kappa shape index (κ1) is 24.1. The Morgan fingerprint density at radius 2 is 1.91 bits per heavy atom. The van der Waals surface area contributed by atoms with Gasteiger partial charge >= 0.3 is 5.51 Å². The number of benzene rings is 2. The van der Waals surface area contributed by atoms with Crippen LogP contribution in [0.25, 0.3) is 0 Å². The van der Waals surface area contributed by atoms with Crippen molar-refractivity contribution in [1.29, 1.82) is 0 Å². The van der Waals surface area contributed by atoms with Gasteiger partial charge in [-0.2, -0.15) is 13.2 Å². The van der Waals surface area contributed by atoms with E-state index in [4.69, 9.17) is 4.74 Å². The van der Waals surface area contributed by atoms with Crippen LogP contribution >= 0.6 is 0 Å². The second-order valence-corrected chi connectivity index (χ2v) is 9.99. The summed E-state index contributed by atoms with van der Waals surface area (Å²) in [6.45, 7) is 4.63. The number of nitrogens with one attached hydrogen (secondary N) is 1. The van der Waals surface area contributed by atoms with Crippen molar-refractivity contribution in [1.82, 2.24) is 4.90 Å². The second-order valence-electron chi connectivity index (χ2n) is 8.08. The van der Waals surface area contributed by atoms with E-state index in [9.17, 15) is 26.4 Å². The summed E-state index contributed by atoms with van der Waals surface area (Å²) in [7, 11) is -2.41. The summed E-state index contributed by atoms with van der Waals surface area (Å²) in [6.07, 6.45) is 0.694. The molecule has 2 aromatic rings. The minimum Gasteiger partial charge on any atom is -0.496 e.